The molecule has 1 N–H and O–H groups in total. The highest BCUT2D eigenvalue weighted by Gasteiger charge is 2.21. The van der Waals surface area contributed by atoms with Crippen molar-refractivity contribution in [2.75, 3.05) is 25.1 Å². The molecule has 4 rings (SSSR count). The maximum Gasteiger partial charge on any atom is 0.262 e. The number of nitrogens with one attached hydrogen (secondary N) is 1. The second kappa shape index (κ2) is 9.21. The molecule has 0 saturated carbocycles. The molecule has 0 bridgehead atoms. The monoisotopic (exact) mass is 409 g/mol. The normalized spacial score (nSPS) is 14.8. The first-order chi connectivity index (χ1) is 14.7. The van der Waals surface area contributed by atoms with Crippen LogP contribution in [0, 0.1) is 0 Å². The minimum absolute atomic E-state index is 0.102. The zero-order valence-corrected chi connectivity index (χ0v) is 16.6. The van der Waals surface area contributed by atoms with Gasteiger partial charge < -0.3 is 24.3 Å². The lowest BCUT2D eigenvalue weighted by atomic mass is 10.2. The van der Waals surface area contributed by atoms with Crippen molar-refractivity contribution in [2.24, 2.45) is 0 Å². The molecule has 0 radical (unpaired) electrons. The molecule has 30 heavy (non-hydrogen) atoms. The van der Waals surface area contributed by atoms with Gasteiger partial charge in [-0.1, -0.05) is 12.1 Å². The fourth-order valence-electron chi connectivity index (χ4n) is 3.03. The summed E-state index contributed by atoms with van der Waals surface area (Å²) in [5.74, 6) is 2.56. The van der Waals surface area contributed by atoms with Crippen LogP contribution in [0.5, 0.6) is 23.0 Å². The van der Waals surface area contributed by atoms with Crippen LogP contribution in [0.2, 0.25) is 0 Å². The predicted octanol–water partition coefficient (Wildman–Crippen LogP) is 3.14. The van der Waals surface area contributed by atoms with Gasteiger partial charge in [0.1, 0.15) is 18.1 Å². The number of anilines is 1. The van der Waals surface area contributed by atoms with Crippen LogP contribution < -0.4 is 24.3 Å². The van der Waals surface area contributed by atoms with Crippen LogP contribution >= 0.6 is 0 Å². The third kappa shape index (κ3) is 5.02. The van der Waals surface area contributed by atoms with Crippen LogP contribution in [0.15, 0.2) is 60.9 Å². The molecule has 8 nitrogen and oxygen atoms in total. The van der Waals surface area contributed by atoms with Gasteiger partial charge in [0.2, 0.25) is 0 Å². The summed E-state index contributed by atoms with van der Waals surface area (Å²) in [4.78, 5) is 12.1. The first kappa shape index (κ1) is 19.6. The van der Waals surface area contributed by atoms with E-state index in [9.17, 15) is 4.79 Å². The average Bonchev–Trinajstić information content (AvgIpc) is 3.20. The Bertz CT molecular complexity index is 986. The standard InChI is InChI=1S/C22H23N3O5/c1-2-27-17-7-9-18(10-8-17)28-15-22(26)24-16-11-23-25(12-16)13-19-14-29-20-5-3-4-6-21(20)30-19/h3-12,19H,2,13-15H2,1H3,(H,24,26). The van der Waals surface area contributed by atoms with Gasteiger partial charge >= 0.3 is 0 Å². The Morgan fingerprint density at radius 3 is 2.63 bits per heavy atom. The van der Waals surface area contributed by atoms with E-state index < -0.39 is 0 Å². The smallest absolute Gasteiger partial charge is 0.262 e. The average molecular weight is 409 g/mol. The zero-order valence-electron chi connectivity index (χ0n) is 16.6. The lowest BCUT2D eigenvalue weighted by molar-refractivity contribution is -0.118. The highest BCUT2D eigenvalue weighted by molar-refractivity contribution is 5.91. The van der Waals surface area contributed by atoms with E-state index in [4.69, 9.17) is 18.9 Å². The Hall–Kier alpha value is -3.68. The number of fused-ring (bicyclic) bond motifs is 1. The maximum absolute atomic E-state index is 12.1. The molecule has 2 heterocycles. The first-order valence-corrected chi connectivity index (χ1v) is 9.76. The zero-order chi connectivity index (χ0) is 20.8. The Kier molecular flexibility index (Phi) is 6.03. The molecule has 0 fully saturated rings. The lowest BCUT2D eigenvalue weighted by Gasteiger charge is -2.26. The minimum Gasteiger partial charge on any atom is -0.494 e. The Labute approximate surface area is 174 Å². The number of hydrogen-bond donors (Lipinski definition) is 1. The van der Waals surface area contributed by atoms with Gasteiger partial charge in [0.25, 0.3) is 5.91 Å². The number of ether oxygens (including phenoxy) is 4. The third-order valence-electron chi connectivity index (χ3n) is 4.38. The number of hydrogen-bond acceptors (Lipinski definition) is 6. The Morgan fingerprint density at radius 1 is 1.13 bits per heavy atom. The molecule has 3 aromatic rings. The number of amides is 1. The van der Waals surface area contributed by atoms with Crippen LogP contribution in [0.1, 0.15) is 6.92 Å². The Balaban J connectivity index is 1.24. The third-order valence-corrected chi connectivity index (χ3v) is 4.38. The predicted molar refractivity (Wildman–Crippen MR) is 110 cm³/mol. The van der Waals surface area contributed by atoms with Crippen molar-refractivity contribution in [2.45, 2.75) is 19.6 Å². The largest absolute Gasteiger partial charge is 0.494 e. The second-order valence-electron chi connectivity index (χ2n) is 6.69. The summed E-state index contributed by atoms with van der Waals surface area (Å²) in [5.41, 5.74) is 0.590. The summed E-state index contributed by atoms with van der Waals surface area (Å²) < 4.78 is 24.2. The van der Waals surface area contributed by atoms with Gasteiger partial charge in [-0.3, -0.25) is 9.48 Å². The van der Waals surface area contributed by atoms with Crippen molar-refractivity contribution < 1.29 is 23.7 Å². The van der Waals surface area contributed by atoms with Gasteiger partial charge in [-0.25, -0.2) is 0 Å². The van der Waals surface area contributed by atoms with E-state index >= 15 is 0 Å². The summed E-state index contributed by atoms with van der Waals surface area (Å²) in [5, 5.41) is 7.05. The number of nitrogens with zero attached hydrogens (tertiary/aromatic N) is 2. The molecule has 0 spiro atoms. The van der Waals surface area contributed by atoms with Crippen LogP contribution in [-0.2, 0) is 11.3 Å². The number of rotatable bonds is 8. The number of benzene rings is 2. The van der Waals surface area contributed by atoms with Crippen molar-refractivity contribution >= 4 is 11.6 Å². The molecule has 1 amide bonds. The molecular weight excluding hydrogens is 386 g/mol. The van der Waals surface area contributed by atoms with Gasteiger partial charge in [0.05, 0.1) is 25.0 Å². The molecule has 8 heteroatoms. The van der Waals surface area contributed by atoms with E-state index in [1.54, 1.807) is 41.3 Å². The van der Waals surface area contributed by atoms with Crippen molar-refractivity contribution in [1.82, 2.24) is 9.78 Å². The second-order valence-corrected chi connectivity index (χ2v) is 6.69. The molecule has 1 aliphatic rings. The molecule has 156 valence electrons. The first-order valence-electron chi connectivity index (χ1n) is 9.76. The summed E-state index contributed by atoms with van der Waals surface area (Å²) in [6.07, 6.45) is 3.18. The molecule has 1 aliphatic heterocycles. The molecule has 1 unspecified atom stereocenters. The Morgan fingerprint density at radius 2 is 1.87 bits per heavy atom. The summed E-state index contributed by atoms with van der Waals surface area (Å²) in [7, 11) is 0. The van der Waals surface area contributed by atoms with Gasteiger partial charge in [-0.05, 0) is 43.3 Å². The molecule has 2 aromatic carbocycles. The van der Waals surface area contributed by atoms with E-state index in [2.05, 4.69) is 10.4 Å². The van der Waals surface area contributed by atoms with Gasteiger partial charge in [-0.2, -0.15) is 5.10 Å². The van der Waals surface area contributed by atoms with Gasteiger partial charge in [-0.15, -0.1) is 0 Å². The van der Waals surface area contributed by atoms with Gasteiger partial charge in [0.15, 0.2) is 24.2 Å². The number of para-hydroxylation sites is 2. The van der Waals surface area contributed by atoms with E-state index in [1.165, 1.54) is 0 Å². The quantitative estimate of drug-likeness (QED) is 0.615. The summed E-state index contributed by atoms with van der Waals surface area (Å²) in [6, 6.07) is 14.7. The highest BCUT2D eigenvalue weighted by atomic mass is 16.6. The van der Waals surface area contributed by atoms with E-state index in [0.717, 1.165) is 17.2 Å². The van der Waals surface area contributed by atoms with E-state index in [-0.39, 0.29) is 18.6 Å². The van der Waals surface area contributed by atoms with Crippen molar-refractivity contribution in [1.29, 1.82) is 0 Å². The van der Waals surface area contributed by atoms with Crippen molar-refractivity contribution in [3.8, 4) is 23.0 Å². The number of aromatic nitrogens is 2. The topological polar surface area (TPSA) is 83.8 Å². The fraction of sp³-hybridized carbons (Fsp3) is 0.273. The molecule has 1 atom stereocenters. The SMILES string of the molecule is CCOc1ccc(OCC(=O)Nc2cnn(CC3COc4ccccc4O3)c2)cc1. The highest BCUT2D eigenvalue weighted by Crippen LogP contribution is 2.31. The van der Waals surface area contributed by atoms with Crippen LogP contribution in [-0.4, -0.2) is 41.6 Å². The minimum atomic E-state index is -0.269. The molecular formula is C22H23N3O5. The maximum atomic E-state index is 12.1. The van der Waals surface area contributed by atoms with Crippen molar-refractivity contribution in [3.05, 3.63) is 60.9 Å². The molecule has 0 saturated heterocycles. The van der Waals surface area contributed by atoms with E-state index in [1.807, 2.05) is 31.2 Å². The summed E-state index contributed by atoms with van der Waals surface area (Å²) >= 11 is 0. The van der Waals surface area contributed by atoms with Gasteiger partial charge in [0, 0.05) is 6.20 Å². The number of carbonyl (C=O) groups excluding carboxylic acids is 1. The number of carbonyl (C=O) groups is 1. The van der Waals surface area contributed by atoms with Crippen LogP contribution in [0.4, 0.5) is 5.69 Å². The van der Waals surface area contributed by atoms with Crippen molar-refractivity contribution in [3.63, 3.8) is 0 Å². The van der Waals surface area contributed by atoms with Crippen LogP contribution in [0.3, 0.4) is 0 Å². The fourth-order valence-corrected chi connectivity index (χ4v) is 3.03. The van der Waals surface area contributed by atoms with E-state index in [0.29, 0.717) is 31.2 Å². The molecule has 0 aliphatic carbocycles. The molecule has 1 aromatic heterocycles. The lowest BCUT2D eigenvalue weighted by Crippen LogP contribution is -2.33. The van der Waals surface area contributed by atoms with Crippen LogP contribution in [0.25, 0.3) is 0 Å². The summed E-state index contributed by atoms with van der Waals surface area (Å²) in [6.45, 7) is 3.37.